The Morgan fingerprint density at radius 3 is 2.05 bits per heavy atom. The number of nitrogens with zero attached hydrogens (tertiary/aromatic N) is 1. The lowest BCUT2D eigenvalue weighted by atomic mass is 9.96. The summed E-state index contributed by atoms with van der Waals surface area (Å²) in [4.78, 5) is 2.41. The quantitative estimate of drug-likeness (QED) is 0.822. The second kappa shape index (κ2) is 7.51. The van der Waals surface area contributed by atoms with Crippen LogP contribution >= 0.6 is 0 Å². The molecule has 0 amide bonds. The van der Waals surface area contributed by atoms with Crippen molar-refractivity contribution >= 4 is 0 Å². The van der Waals surface area contributed by atoms with E-state index in [1.165, 1.54) is 5.56 Å². The second-order valence-electron chi connectivity index (χ2n) is 5.21. The predicted molar refractivity (Wildman–Crippen MR) is 81.5 cm³/mol. The molecule has 108 valence electrons. The Morgan fingerprint density at radius 2 is 1.68 bits per heavy atom. The van der Waals surface area contributed by atoms with Crippen molar-refractivity contribution in [3.63, 3.8) is 0 Å². The average molecular weight is 264 g/mol. The number of likely N-dealkylation sites (N-methyl/N-ethyl adjacent to an activating group) is 1. The maximum atomic E-state index is 6.21. The van der Waals surface area contributed by atoms with Crippen molar-refractivity contribution in [2.45, 2.75) is 51.7 Å². The Hall–Kier alpha value is -1.06. The molecule has 0 radical (unpaired) electrons. The molecule has 2 unspecified atom stereocenters. The number of rotatable bonds is 7. The van der Waals surface area contributed by atoms with Crippen LogP contribution in [0.15, 0.2) is 24.3 Å². The van der Waals surface area contributed by atoms with Gasteiger partial charge >= 0.3 is 0 Å². The monoisotopic (exact) mass is 264 g/mol. The molecule has 0 aliphatic carbocycles. The highest BCUT2D eigenvalue weighted by molar-refractivity contribution is 5.30. The molecule has 19 heavy (non-hydrogen) atoms. The normalized spacial score (nSPS) is 14.7. The molecule has 0 aliphatic heterocycles. The van der Waals surface area contributed by atoms with Crippen molar-refractivity contribution in [1.82, 2.24) is 4.90 Å². The van der Waals surface area contributed by atoms with Gasteiger partial charge in [0.2, 0.25) is 0 Å². The standard InChI is InChI=1S/C16H28N2O/c1-6-14(7-2)18(4)16(12(3)17)13-8-10-15(19-5)11-9-13/h8-12,14,16H,6-7,17H2,1-5H3. The SMILES string of the molecule is CCC(CC)N(C)C(c1ccc(OC)cc1)C(C)N. The lowest BCUT2D eigenvalue weighted by Crippen LogP contribution is -2.42. The van der Waals surface area contributed by atoms with E-state index < -0.39 is 0 Å². The Balaban J connectivity index is 2.98. The van der Waals surface area contributed by atoms with Crippen LogP contribution < -0.4 is 10.5 Å². The van der Waals surface area contributed by atoms with E-state index in [9.17, 15) is 0 Å². The molecular formula is C16H28N2O. The number of methoxy groups -OCH3 is 1. The van der Waals surface area contributed by atoms with Gasteiger partial charge in [0.1, 0.15) is 5.75 Å². The minimum Gasteiger partial charge on any atom is -0.497 e. The lowest BCUT2D eigenvalue weighted by molar-refractivity contribution is 0.146. The smallest absolute Gasteiger partial charge is 0.118 e. The first-order valence-electron chi connectivity index (χ1n) is 7.16. The van der Waals surface area contributed by atoms with Crippen molar-refractivity contribution in [2.24, 2.45) is 5.73 Å². The van der Waals surface area contributed by atoms with Gasteiger partial charge in [0.25, 0.3) is 0 Å². The zero-order valence-corrected chi connectivity index (χ0v) is 12.9. The molecule has 0 fully saturated rings. The second-order valence-corrected chi connectivity index (χ2v) is 5.21. The van der Waals surface area contributed by atoms with Crippen molar-refractivity contribution in [3.05, 3.63) is 29.8 Å². The Labute approximate surface area is 117 Å². The van der Waals surface area contributed by atoms with Crippen LogP contribution in [0.5, 0.6) is 5.75 Å². The molecule has 0 heterocycles. The molecule has 0 saturated heterocycles. The van der Waals surface area contributed by atoms with E-state index in [4.69, 9.17) is 10.5 Å². The topological polar surface area (TPSA) is 38.5 Å². The van der Waals surface area contributed by atoms with Gasteiger partial charge in [-0.25, -0.2) is 0 Å². The first-order chi connectivity index (χ1) is 9.04. The van der Waals surface area contributed by atoms with Crippen LogP contribution in [-0.4, -0.2) is 31.1 Å². The van der Waals surface area contributed by atoms with Crippen LogP contribution in [0.25, 0.3) is 0 Å². The first-order valence-corrected chi connectivity index (χ1v) is 7.16. The summed E-state index contributed by atoms with van der Waals surface area (Å²) in [6, 6.07) is 9.15. The minimum atomic E-state index is 0.0963. The number of nitrogens with two attached hydrogens (primary N) is 1. The van der Waals surface area contributed by atoms with E-state index in [2.05, 4.69) is 44.9 Å². The predicted octanol–water partition coefficient (Wildman–Crippen LogP) is 3.20. The van der Waals surface area contributed by atoms with Gasteiger partial charge in [-0.1, -0.05) is 26.0 Å². The molecule has 2 N–H and O–H groups in total. The third kappa shape index (κ3) is 3.95. The summed E-state index contributed by atoms with van der Waals surface area (Å²) in [6.45, 7) is 6.54. The van der Waals surface area contributed by atoms with Gasteiger partial charge in [0.05, 0.1) is 7.11 Å². The van der Waals surface area contributed by atoms with E-state index >= 15 is 0 Å². The Kier molecular flexibility index (Phi) is 6.32. The molecule has 0 bridgehead atoms. The molecule has 3 nitrogen and oxygen atoms in total. The number of hydrogen-bond acceptors (Lipinski definition) is 3. The van der Waals surface area contributed by atoms with Crippen LogP contribution in [0, 0.1) is 0 Å². The molecule has 0 aromatic heterocycles. The fraction of sp³-hybridized carbons (Fsp3) is 0.625. The lowest BCUT2D eigenvalue weighted by Gasteiger charge is -2.37. The summed E-state index contributed by atoms with van der Waals surface area (Å²) in [5, 5.41) is 0. The van der Waals surface area contributed by atoms with Crippen molar-refractivity contribution < 1.29 is 4.74 Å². The number of benzene rings is 1. The van der Waals surface area contributed by atoms with Gasteiger partial charge in [0.15, 0.2) is 0 Å². The van der Waals surface area contributed by atoms with Gasteiger partial charge in [-0.3, -0.25) is 4.90 Å². The number of ether oxygens (including phenoxy) is 1. The molecule has 1 aromatic carbocycles. The third-order valence-corrected chi connectivity index (χ3v) is 3.91. The summed E-state index contributed by atoms with van der Waals surface area (Å²) in [7, 11) is 3.87. The fourth-order valence-electron chi connectivity index (χ4n) is 2.80. The van der Waals surface area contributed by atoms with Crippen molar-refractivity contribution in [2.75, 3.05) is 14.2 Å². The van der Waals surface area contributed by atoms with Gasteiger partial charge < -0.3 is 10.5 Å². The third-order valence-electron chi connectivity index (χ3n) is 3.91. The van der Waals surface area contributed by atoms with Gasteiger partial charge in [-0.2, -0.15) is 0 Å². The van der Waals surface area contributed by atoms with Gasteiger partial charge in [-0.15, -0.1) is 0 Å². The summed E-state index contributed by atoms with van der Waals surface area (Å²) in [6.07, 6.45) is 2.29. The summed E-state index contributed by atoms with van der Waals surface area (Å²) in [5.41, 5.74) is 7.47. The van der Waals surface area contributed by atoms with Crippen LogP contribution in [0.4, 0.5) is 0 Å². The maximum Gasteiger partial charge on any atom is 0.118 e. The van der Waals surface area contributed by atoms with E-state index in [0.717, 1.165) is 18.6 Å². The van der Waals surface area contributed by atoms with E-state index in [0.29, 0.717) is 6.04 Å². The highest BCUT2D eigenvalue weighted by Crippen LogP contribution is 2.27. The molecular weight excluding hydrogens is 236 g/mol. The molecule has 3 heteroatoms. The fourth-order valence-corrected chi connectivity index (χ4v) is 2.80. The van der Waals surface area contributed by atoms with Crippen LogP contribution in [0.3, 0.4) is 0 Å². The maximum absolute atomic E-state index is 6.21. The minimum absolute atomic E-state index is 0.0963. The number of hydrogen-bond donors (Lipinski definition) is 1. The largest absolute Gasteiger partial charge is 0.497 e. The van der Waals surface area contributed by atoms with Crippen LogP contribution in [-0.2, 0) is 0 Å². The first kappa shape index (κ1) is 16.0. The summed E-state index contributed by atoms with van der Waals surface area (Å²) < 4.78 is 5.21. The van der Waals surface area contributed by atoms with Gasteiger partial charge in [0, 0.05) is 18.1 Å². The molecule has 0 aliphatic rings. The van der Waals surface area contributed by atoms with Crippen molar-refractivity contribution in [3.8, 4) is 5.75 Å². The Morgan fingerprint density at radius 1 is 1.16 bits per heavy atom. The van der Waals surface area contributed by atoms with Crippen LogP contribution in [0.2, 0.25) is 0 Å². The molecule has 0 spiro atoms. The van der Waals surface area contributed by atoms with Gasteiger partial charge in [-0.05, 0) is 44.5 Å². The molecule has 1 rings (SSSR count). The zero-order valence-electron chi connectivity index (χ0n) is 12.9. The average Bonchev–Trinajstić information content (AvgIpc) is 2.40. The van der Waals surface area contributed by atoms with E-state index in [1.54, 1.807) is 7.11 Å². The van der Waals surface area contributed by atoms with E-state index in [1.807, 2.05) is 12.1 Å². The van der Waals surface area contributed by atoms with Crippen molar-refractivity contribution in [1.29, 1.82) is 0 Å². The zero-order chi connectivity index (χ0) is 14.4. The highest BCUT2D eigenvalue weighted by Gasteiger charge is 2.25. The molecule has 2 atom stereocenters. The summed E-state index contributed by atoms with van der Waals surface area (Å²) in [5.74, 6) is 0.886. The highest BCUT2D eigenvalue weighted by atomic mass is 16.5. The van der Waals surface area contributed by atoms with E-state index in [-0.39, 0.29) is 12.1 Å². The Bertz CT molecular complexity index is 358. The van der Waals surface area contributed by atoms with Crippen LogP contribution in [0.1, 0.15) is 45.2 Å². The summed E-state index contributed by atoms with van der Waals surface area (Å²) >= 11 is 0. The molecule has 0 saturated carbocycles. The molecule has 1 aromatic rings.